The van der Waals surface area contributed by atoms with Gasteiger partial charge in [0.25, 0.3) is 0 Å². The van der Waals surface area contributed by atoms with E-state index < -0.39 is 11.8 Å². The average Bonchev–Trinajstić information content (AvgIpc) is 2.87. The summed E-state index contributed by atoms with van der Waals surface area (Å²) in [5.74, 6) is -1.64. The summed E-state index contributed by atoms with van der Waals surface area (Å²) in [5.41, 5.74) is 1.79. The molecule has 3 atom stereocenters. The quantitative estimate of drug-likeness (QED) is 0.779. The summed E-state index contributed by atoms with van der Waals surface area (Å²) in [7, 11) is 0. The smallest absolute Gasteiger partial charge is 0.234 e. The van der Waals surface area contributed by atoms with Crippen LogP contribution in [0.25, 0.3) is 0 Å². The predicted octanol–water partition coefficient (Wildman–Crippen LogP) is 3.59. The molecule has 0 spiro atoms. The van der Waals surface area contributed by atoms with Gasteiger partial charge in [0, 0.05) is 23.8 Å². The summed E-state index contributed by atoms with van der Waals surface area (Å²) in [5, 5.41) is 0.604. The minimum atomic E-state index is -0.548. The molecule has 0 radical (unpaired) electrons. The van der Waals surface area contributed by atoms with Gasteiger partial charge in [0.15, 0.2) is 0 Å². The van der Waals surface area contributed by atoms with Crippen molar-refractivity contribution in [2.75, 3.05) is 0 Å². The monoisotopic (exact) mass is 367 g/mol. The van der Waals surface area contributed by atoms with E-state index in [2.05, 4.69) is 0 Å². The first kappa shape index (κ1) is 17.0. The molecular weight excluding hydrogens is 350 g/mol. The van der Waals surface area contributed by atoms with Gasteiger partial charge in [0.1, 0.15) is 5.78 Å². The zero-order chi connectivity index (χ0) is 18.3. The fourth-order valence-electron chi connectivity index (χ4n) is 4.14. The third-order valence-electron chi connectivity index (χ3n) is 5.38. The van der Waals surface area contributed by atoms with Crippen LogP contribution >= 0.6 is 11.6 Å². The molecule has 0 aromatic heterocycles. The van der Waals surface area contributed by atoms with Gasteiger partial charge in [-0.15, -0.1) is 0 Å². The summed E-state index contributed by atoms with van der Waals surface area (Å²) in [6, 6.07) is 16.7. The molecule has 1 aliphatic heterocycles. The molecule has 26 heavy (non-hydrogen) atoms. The van der Waals surface area contributed by atoms with Crippen LogP contribution in [0.2, 0.25) is 5.02 Å². The molecule has 2 fully saturated rings. The zero-order valence-corrected chi connectivity index (χ0v) is 14.9. The van der Waals surface area contributed by atoms with Crippen LogP contribution in [-0.2, 0) is 20.9 Å². The Morgan fingerprint density at radius 1 is 0.846 bits per heavy atom. The lowest BCUT2D eigenvalue weighted by Gasteiger charge is -2.30. The Morgan fingerprint density at radius 2 is 1.50 bits per heavy atom. The maximum Gasteiger partial charge on any atom is 0.234 e. The fourth-order valence-corrected chi connectivity index (χ4v) is 4.27. The third-order valence-corrected chi connectivity index (χ3v) is 5.63. The Bertz CT molecular complexity index is 863. The van der Waals surface area contributed by atoms with Crippen LogP contribution in [0.5, 0.6) is 0 Å². The van der Waals surface area contributed by atoms with Crippen LogP contribution in [0, 0.1) is 11.8 Å². The number of imide groups is 1. The van der Waals surface area contributed by atoms with E-state index in [1.165, 1.54) is 4.90 Å². The van der Waals surface area contributed by atoms with Crippen molar-refractivity contribution in [3.05, 3.63) is 70.7 Å². The number of rotatable bonds is 3. The molecule has 1 aliphatic carbocycles. The van der Waals surface area contributed by atoms with Crippen LogP contribution in [0.3, 0.4) is 0 Å². The highest BCUT2D eigenvalue weighted by Crippen LogP contribution is 2.45. The molecular formula is C21H18ClNO3. The number of carbonyl (C=O) groups is 3. The number of ketones is 1. The van der Waals surface area contributed by atoms with Gasteiger partial charge in [-0.05, 0) is 23.3 Å². The summed E-state index contributed by atoms with van der Waals surface area (Å²) in [6.07, 6.45) is 0.450. The molecule has 0 N–H and O–H groups in total. The summed E-state index contributed by atoms with van der Waals surface area (Å²) in [6.45, 7) is 0.257. The molecule has 132 valence electrons. The summed E-state index contributed by atoms with van der Waals surface area (Å²) < 4.78 is 0. The first-order valence-electron chi connectivity index (χ1n) is 8.71. The van der Waals surface area contributed by atoms with E-state index in [9.17, 15) is 14.4 Å². The number of hydrogen-bond acceptors (Lipinski definition) is 3. The fraction of sp³-hybridized carbons (Fsp3) is 0.286. The van der Waals surface area contributed by atoms with E-state index in [1.807, 2.05) is 42.5 Å². The van der Waals surface area contributed by atoms with Crippen molar-refractivity contribution in [2.24, 2.45) is 11.8 Å². The molecule has 4 nitrogen and oxygen atoms in total. The number of nitrogens with zero attached hydrogens (tertiary/aromatic N) is 1. The van der Waals surface area contributed by atoms with Gasteiger partial charge in [-0.2, -0.15) is 0 Å². The van der Waals surface area contributed by atoms with Crippen molar-refractivity contribution < 1.29 is 14.4 Å². The minimum absolute atomic E-state index is 0.0360. The van der Waals surface area contributed by atoms with Crippen molar-refractivity contribution in [1.82, 2.24) is 4.90 Å². The molecule has 1 saturated heterocycles. The summed E-state index contributed by atoms with van der Waals surface area (Å²) in [4.78, 5) is 39.5. The lowest BCUT2D eigenvalue weighted by Crippen LogP contribution is -2.33. The Balaban J connectivity index is 1.66. The molecule has 2 aromatic carbocycles. The number of likely N-dealkylation sites (tertiary alicyclic amines) is 1. The number of halogens is 1. The Hall–Kier alpha value is -2.46. The van der Waals surface area contributed by atoms with E-state index in [-0.39, 0.29) is 36.5 Å². The van der Waals surface area contributed by atoms with Crippen LogP contribution in [0.15, 0.2) is 54.6 Å². The van der Waals surface area contributed by atoms with E-state index in [0.29, 0.717) is 11.4 Å². The molecule has 2 amide bonds. The lowest BCUT2D eigenvalue weighted by atomic mass is 9.70. The highest BCUT2D eigenvalue weighted by atomic mass is 35.5. The summed E-state index contributed by atoms with van der Waals surface area (Å²) >= 11 is 5.96. The second-order valence-electron chi connectivity index (χ2n) is 6.99. The van der Waals surface area contributed by atoms with E-state index >= 15 is 0 Å². The molecule has 4 rings (SSSR count). The number of benzene rings is 2. The molecule has 0 bridgehead atoms. The number of fused-ring (bicyclic) bond motifs is 1. The largest absolute Gasteiger partial charge is 0.300 e. The molecule has 0 unspecified atom stereocenters. The maximum absolute atomic E-state index is 13.1. The van der Waals surface area contributed by atoms with Gasteiger partial charge < -0.3 is 0 Å². The van der Waals surface area contributed by atoms with Crippen molar-refractivity contribution in [1.29, 1.82) is 0 Å². The Morgan fingerprint density at radius 3 is 2.19 bits per heavy atom. The van der Waals surface area contributed by atoms with Crippen molar-refractivity contribution >= 4 is 29.2 Å². The first-order chi connectivity index (χ1) is 12.5. The van der Waals surface area contributed by atoms with Gasteiger partial charge in [-0.3, -0.25) is 19.3 Å². The van der Waals surface area contributed by atoms with Crippen LogP contribution in [0.4, 0.5) is 0 Å². The predicted molar refractivity (Wildman–Crippen MR) is 97.4 cm³/mol. The second kappa shape index (κ2) is 6.69. The number of hydrogen-bond donors (Lipinski definition) is 0. The average molecular weight is 368 g/mol. The van der Waals surface area contributed by atoms with Gasteiger partial charge >= 0.3 is 0 Å². The van der Waals surface area contributed by atoms with Crippen molar-refractivity contribution in [3.63, 3.8) is 0 Å². The van der Waals surface area contributed by atoms with E-state index in [1.54, 1.807) is 12.1 Å². The van der Waals surface area contributed by atoms with Gasteiger partial charge in [-0.1, -0.05) is 54.1 Å². The molecule has 1 saturated carbocycles. The van der Waals surface area contributed by atoms with Crippen molar-refractivity contribution in [2.45, 2.75) is 25.3 Å². The Kier molecular flexibility index (Phi) is 4.37. The third kappa shape index (κ3) is 2.95. The van der Waals surface area contributed by atoms with Crippen LogP contribution in [0.1, 0.15) is 29.9 Å². The van der Waals surface area contributed by atoms with Crippen LogP contribution < -0.4 is 0 Å². The molecule has 1 heterocycles. The number of Topliss-reactive ketones (excluding diaryl/α,β-unsaturated/α-hetero) is 1. The van der Waals surface area contributed by atoms with Gasteiger partial charge in [-0.25, -0.2) is 0 Å². The number of carbonyl (C=O) groups excluding carboxylic acids is 3. The van der Waals surface area contributed by atoms with Gasteiger partial charge in [0.05, 0.1) is 18.4 Å². The highest BCUT2D eigenvalue weighted by molar-refractivity contribution is 6.30. The molecule has 2 aliphatic rings. The molecule has 2 aromatic rings. The maximum atomic E-state index is 13.1. The van der Waals surface area contributed by atoms with Gasteiger partial charge in [0.2, 0.25) is 11.8 Å². The first-order valence-corrected chi connectivity index (χ1v) is 9.08. The van der Waals surface area contributed by atoms with Crippen LogP contribution in [-0.4, -0.2) is 22.5 Å². The number of amides is 2. The second-order valence-corrected chi connectivity index (χ2v) is 7.42. The van der Waals surface area contributed by atoms with E-state index in [0.717, 1.165) is 11.1 Å². The zero-order valence-electron chi connectivity index (χ0n) is 14.1. The normalized spacial score (nSPS) is 25.5. The topological polar surface area (TPSA) is 54.5 Å². The van der Waals surface area contributed by atoms with E-state index in [4.69, 9.17) is 11.6 Å². The Labute approximate surface area is 156 Å². The lowest BCUT2D eigenvalue weighted by molar-refractivity contribution is -0.141. The SMILES string of the molecule is O=C1C[C@@H]2C(=O)N(Cc3ccccc3)C(=O)[C@@H]2[C@H](c2ccc(Cl)cc2)C1. The highest BCUT2D eigenvalue weighted by Gasteiger charge is 2.54. The molecule has 5 heteroatoms. The standard InChI is InChI=1S/C21H18ClNO3/c22-15-8-6-14(7-9-15)17-10-16(24)11-18-19(17)21(26)23(20(18)25)12-13-4-2-1-3-5-13/h1-9,17-19H,10-12H2/t17-,18-,19+/m0/s1. The minimum Gasteiger partial charge on any atom is -0.300 e. The van der Waals surface area contributed by atoms with Crippen molar-refractivity contribution in [3.8, 4) is 0 Å².